The number of rotatable bonds is 9. The van der Waals surface area contributed by atoms with Gasteiger partial charge < -0.3 is 58.5 Å². The van der Waals surface area contributed by atoms with Crippen molar-refractivity contribution in [3.05, 3.63) is 0 Å². The Kier molecular flexibility index (Phi) is 16.3. The third kappa shape index (κ3) is 10.6. The highest BCUT2D eigenvalue weighted by atomic mass is 16.7. The van der Waals surface area contributed by atoms with Crippen molar-refractivity contribution in [2.75, 3.05) is 21.2 Å². The molecule has 3 saturated heterocycles. The van der Waals surface area contributed by atoms with Crippen LogP contribution in [0.4, 0.5) is 0 Å². The number of esters is 2. The second-order valence-electron chi connectivity index (χ2n) is 17.3. The molecule has 55 heavy (non-hydrogen) atoms. The van der Waals surface area contributed by atoms with E-state index >= 15 is 0 Å². The number of carbonyl (C=O) groups excluding carboxylic acids is 3. The molecule has 3 fully saturated rings. The fourth-order valence-corrected chi connectivity index (χ4v) is 8.76. The predicted molar refractivity (Wildman–Crippen MR) is 200 cm³/mol. The molecule has 3 aliphatic rings. The molecule has 0 spiro atoms. The van der Waals surface area contributed by atoms with Gasteiger partial charge in [-0.25, -0.2) is 0 Å². The first-order valence-corrected chi connectivity index (χ1v) is 19.9. The molecule has 3 heterocycles. The van der Waals surface area contributed by atoms with Crippen LogP contribution < -0.4 is 0 Å². The van der Waals surface area contributed by atoms with E-state index in [-0.39, 0.29) is 37.8 Å². The molecule has 0 aromatic heterocycles. The van der Waals surface area contributed by atoms with Crippen LogP contribution in [0, 0.1) is 23.7 Å². The number of hydrogen-bond acceptors (Lipinski definition) is 15. The van der Waals surface area contributed by atoms with E-state index in [2.05, 4.69) is 0 Å². The van der Waals surface area contributed by atoms with Gasteiger partial charge in [0.2, 0.25) is 0 Å². The number of likely N-dealkylation sites (N-methyl/N-ethyl adjacent to an activating group) is 1. The van der Waals surface area contributed by atoms with Crippen molar-refractivity contribution in [2.24, 2.45) is 23.7 Å². The largest absolute Gasteiger partial charge is 0.459 e. The monoisotopic (exact) mass is 789 g/mol. The Labute approximate surface area is 327 Å². The Morgan fingerprint density at radius 1 is 0.891 bits per heavy atom. The predicted octanol–water partition coefficient (Wildman–Crippen LogP) is 2.75. The van der Waals surface area contributed by atoms with E-state index in [9.17, 15) is 34.8 Å². The lowest BCUT2D eigenvalue weighted by Gasteiger charge is -2.49. The minimum atomic E-state index is -2.01. The van der Waals surface area contributed by atoms with E-state index in [4.69, 9.17) is 33.2 Å². The minimum absolute atomic E-state index is 0.0760. The number of nitrogens with zero attached hydrogens (tertiary/aromatic N) is 1. The molecule has 0 aliphatic carbocycles. The summed E-state index contributed by atoms with van der Waals surface area (Å²) in [6, 6.07) is -0.319. The summed E-state index contributed by atoms with van der Waals surface area (Å²) in [4.78, 5) is 42.9. The Balaban J connectivity index is 2.24. The number of ether oxygens (including phenoxy) is 7. The lowest BCUT2D eigenvalue weighted by molar-refractivity contribution is -0.319. The Bertz CT molecular complexity index is 1290. The molecule has 0 amide bonds. The molecule has 0 aromatic carbocycles. The van der Waals surface area contributed by atoms with E-state index < -0.39 is 114 Å². The van der Waals surface area contributed by atoms with Crippen LogP contribution in [0.3, 0.4) is 0 Å². The molecule has 0 aromatic rings. The zero-order valence-corrected chi connectivity index (χ0v) is 35.5. The summed E-state index contributed by atoms with van der Waals surface area (Å²) in [5.41, 5.74) is -4.92. The van der Waals surface area contributed by atoms with Gasteiger partial charge in [-0.05, 0) is 74.9 Å². The molecule has 0 radical (unpaired) electrons. The van der Waals surface area contributed by atoms with Crippen LogP contribution in [-0.4, -0.2) is 149 Å². The molecule has 0 saturated carbocycles. The SMILES string of the molecule is CCC(=O)O[C@H]1[C@H](O[C@@H]2[C@@H](C)[C@H](O[C@H]3C[C@@](C)(OC)[C@@H](O)[C@H](C)O3)[C@@H](C)C(=O)OC(CC)[C@@](C)(O)[C@H](O)[C@@H](C)C(=O)[C@H](C)C[C@@]2(C)O)O[C@H](C)C[C@@H]1N(C)C. The van der Waals surface area contributed by atoms with Gasteiger partial charge in [0.05, 0.1) is 53.7 Å². The van der Waals surface area contributed by atoms with E-state index in [1.165, 1.54) is 27.9 Å². The van der Waals surface area contributed by atoms with Gasteiger partial charge in [0.15, 0.2) is 18.7 Å². The first kappa shape index (κ1) is 47.6. The lowest BCUT2D eigenvalue weighted by Crippen LogP contribution is -2.61. The molecule has 320 valence electrons. The number of ketones is 1. The maximum Gasteiger partial charge on any atom is 0.311 e. The van der Waals surface area contributed by atoms with Crippen LogP contribution in [0.25, 0.3) is 0 Å². The van der Waals surface area contributed by atoms with Crippen LogP contribution in [0.15, 0.2) is 0 Å². The van der Waals surface area contributed by atoms with Crippen molar-refractivity contribution in [3.63, 3.8) is 0 Å². The van der Waals surface area contributed by atoms with Gasteiger partial charge in [0.25, 0.3) is 0 Å². The van der Waals surface area contributed by atoms with Gasteiger partial charge in [-0.3, -0.25) is 14.4 Å². The van der Waals surface area contributed by atoms with Gasteiger partial charge in [-0.2, -0.15) is 0 Å². The molecule has 15 nitrogen and oxygen atoms in total. The molecule has 18 atom stereocenters. The lowest BCUT2D eigenvalue weighted by atomic mass is 9.74. The third-order valence-electron chi connectivity index (χ3n) is 12.4. The second kappa shape index (κ2) is 18.9. The van der Waals surface area contributed by atoms with Crippen molar-refractivity contribution in [1.29, 1.82) is 0 Å². The van der Waals surface area contributed by atoms with E-state index in [0.29, 0.717) is 6.42 Å². The summed E-state index contributed by atoms with van der Waals surface area (Å²) in [7, 11) is 5.21. The topological polar surface area (TPSA) is 200 Å². The quantitative estimate of drug-likeness (QED) is 0.249. The number of cyclic esters (lactones) is 1. The summed E-state index contributed by atoms with van der Waals surface area (Å²) in [6.45, 7) is 18.0. The highest BCUT2D eigenvalue weighted by Crippen LogP contribution is 2.41. The first-order chi connectivity index (χ1) is 25.4. The molecule has 1 unspecified atom stereocenters. The number of carbonyl (C=O) groups is 3. The number of aliphatic hydroxyl groups is 4. The standard InChI is InChI=1S/C40H71NO14/c1-15-27-40(11,48)33(44)22(5)30(43)20(3)18-38(9,47)35(55-37-32(53-28(42)16-2)26(41(12)13)17-21(4)50-37)23(6)31(24(7)36(46)52-27)54-29-19-39(10,49-14)34(45)25(8)51-29/h20-27,29,31-35,37,44-45,47-48H,15-19H2,1-14H3/t20-,21-,22+,23+,24-,25+,26+,27?,29+,31+,32-,33-,34+,35-,37+,38-,39-,40-/m1/s1. The van der Waals surface area contributed by atoms with Crippen LogP contribution in [0.1, 0.15) is 108 Å². The maximum atomic E-state index is 14.2. The minimum Gasteiger partial charge on any atom is -0.459 e. The van der Waals surface area contributed by atoms with Gasteiger partial charge in [-0.15, -0.1) is 0 Å². The molecular formula is C40H71NO14. The molecule has 4 N–H and O–H groups in total. The highest BCUT2D eigenvalue weighted by Gasteiger charge is 2.54. The zero-order valence-electron chi connectivity index (χ0n) is 35.5. The average molecular weight is 790 g/mol. The van der Waals surface area contributed by atoms with Crippen molar-refractivity contribution >= 4 is 17.7 Å². The number of methoxy groups -OCH3 is 1. The van der Waals surface area contributed by atoms with Crippen molar-refractivity contribution in [1.82, 2.24) is 4.90 Å². The van der Waals surface area contributed by atoms with E-state index in [0.717, 1.165) is 0 Å². The normalized spacial score (nSPS) is 46.9. The summed E-state index contributed by atoms with van der Waals surface area (Å²) in [6.07, 6.45) is -9.68. The average Bonchev–Trinajstić information content (AvgIpc) is 3.11. The second-order valence-corrected chi connectivity index (χ2v) is 17.3. The van der Waals surface area contributed by atoms with Crippen LogP contribution in [0.2, 0.25) is 0 Å². The van der Waals surface area contributed by atoms with Crippen molar-refractivity contribution < 1.29 is 68.0 Å². The van der Waals surface area contributed by atoms with Crippen LogP contribution >= 0.6 is 0 Å². The van der Waals surface area contributed by atoms with Crippen LogP contribution in [0.5, 0.6) is 0 Å². The number of hydrogen-bond donors (Lipinski definition) is 4. The Morgan fingerprint density at radius 3 is 2.05 bits per heavy atom. The summed E-state index contributed by atoms with van der Waals surface area (Å²) in [5.74, 6) is -5.59. The zero-order chi connectivity index (χ0) is 42.0. The Morgan fingerprint density at radius 2 is 1.51 bits per heavy atom. The van der Waals surface area contributed by atoms with Crippen molar-refractivity contribution in [2.45, 2.75) is 193 Å². The Hall–Kier alpha value is -1.79. The number of Topliss-reactive ketones (excluding diaryl/α,β-unsaturated/α-hetero) is 1. The highest BCUT2D eigenvalue weighted by molar-refractivity contribution is 5.83. The molecule has 0 bridgehead atoms. The van der Waals surface area contributed by atoms with E-state index in [1.807, 2.05) is 25.9 Å². The van der Waals surface area contributed by atoms with E-state index in [1.54, 1.807) is 48.5 Å². The van der Waals surface area contributed by atoms with Gasteiger partial charge in [0.1, 0.15) is 23.6 Å². The van der Waals surface area contributed by atoms with Crippen molar-refractivity contribution in [3.8, 4) is 0 Å². The molecular weight excluding hydrogens is 718 g/mol. The van der Waals surface area contributed by atoms with Gasteiger partial charge >= 0.3 is 11.9 Å². The number of aliphatic hydroxyl groups excluding tert-OH is 2. The third-order valence-corrected chi connectivity index (χ3v) is 12.4. The molecule has 15 heteroatoms. The molecule has 3 rings (SSSR count). The first-order valence-electron chi connectivity index (χ1n) is 19.9. The summed E-state index contributed by atoms with van der Waals surface area (Å²) < 4.78 is 43.6. The summed E-state index contributed by atoms with van der Waals surface area (Å²) >= 11 is 0. The fourth-order valence-electron chi connectivity index (χ4n) is 8.76. The van der Waals surface area contributed by atoms with Gasteiger partial charge in [-0.1, -0.05) is 34.6 Å². The fraction of sp³-hybridized carbons (Fsp3) is 0.925. The van der Waals surface area contributed by atoms with Gasteiger partial charge in [0, 0.05) is 37.7 Å². The van der Waals surface area contributed by atoms with Crippen LogP contribution in [-0.2, 0) is 47.5 Å². The maximum absolute atomic E-state index is 14.2. The molecule has 3 aliphatic heterocycles. The summed E-state index contributed by atoms with van der Waals surface area (Å²) in [5, 5.41) is 46.6. The smallest absolute Gasteiger partial charge is 0.311 e.